The molecule has 2 aromatic rings. The molecule has 7 nitrogen and oxygen atoms in total. The molecule has 2 rings (SSSR count). The third kappa shape index (κ3) is 2.90. The molecule has 0 saturated heterocycles. The van der Waals surface area contributed by atoms with Crippen molar-refractivity contribution in [3.05, 3.63) is 36.0 Å². The number of aromatic nitrogens is 4. The van der Waals surface area contributed by atoms with E-state index >= 15 is 0 Å². The topological polar surface area (TPSA) is 101 Å². The van der Waals surface area contributed by atoms with Crippen LogP contribution < -0.4 is 4.72 Å². The third-order valence-corrected chi connectivity index (χ3v) is 3.61. The summed E-state index contributed by atoms with van der Waals surface area (Å²) in [4.78, 5) is 6.70. The molecule has 96 valence electrons. The molecule has 2 heterocycles. The number of hydrogen-bond donors (Lipinski definition) is 2. The van der Waals surface area contributed by atoms with Crippen LogP contribution in [0.25, 0.3) is 0 Å². The number of nitrogens with one attached hydrogen (secondary N) is 2. The Morgan fingerprint density at radius 2 is 2.28 bits per heavy atom. The first kappa shape index (κ1) is 12.7. The van der Waals surface area contributed by atoms with E-state index in [4.69, 9.17) is 0 Å². The van der Waals surface area contributed by atoms with E-state index in [1.165, 1.54) is 12.4 Å². The molecular weight excluding hydrogens is 254 g/mol. The molecule has 0 saturated carbocycles. The van der Waals surface area contributed by atoms with Crippen molar-refractivity contribution in [3.63, 3.8) is 0 Å². The fraction of sp³-hybridized carbons (Fsp3) is 0.300. The van der Waals surface area contributed by atoms with Crippen molar-refractivity contribution in [1.82, 2.24) is 24.9 Å². The smallest absolute Gasteiger partial charge is 0.257 e. The van der Waals surface area contributed by atoms with Crippen LogP contribution in [0.3, 0.4) is 0 Å². The molecule has 0 atom stereocenters. The maximum atomic E-state index is 11.9. The van der Waals surface area contributed by atoms with Gasteiger partial charge in [-0.1, -0.05) is 6.92 Å². The summed E-state index contributed by atoms with van der Waals surface area (Å²) in [5, 5.41) is 7.52. The number of rotatable bonds is 5. The fourth-order valence-electron chi connectivity index (χ4n) is 1.33. The van der Waals surface area contributed by atoms with Gasteiger partial charge in [0.2, 0.25) is 0 Å². The molecule has 0 amide bonds. The normalized spacial score (nSPS) is 11.6. The standard InChI is InChI=1S/C10H13N5O2S/c1-2-9-11-7-10(14-9)18(16,17)13-6-8-4-3-5-12-15-8/h3-5,7,13H,2,6H2,1H3,(H,11,14). The van der Waals surface area contributed by atoms with Crippen LogP contribution >= 0.6 is 0 Å². The van der Waals surface area contributed by atoms with Gasteiger partial charge in [0.05, 0.1) is 18.4 Å². The van der Waals surface area contributed by atoms with E-state index in [0.29, 0.717) is 17.9 Å². The highest BCUT2D eigenvalue weighted by Gasteiger charge is 2.16. The fourth-order valence-corrected chi connectivity index (χ4v) is 2.27. The van der Waals surface area contributed by atoms with E-state index < -0.39 is 10.0 Å². The monoisotopic (exact) mass is 267 g/mol. The number of aryl methyl sites for hydroxylation is 1. The van der Waals surface area contributed by atoms with E-state index in [-0.39, 0.29) is 11.6 Å². The van der Waals surface area contributed by atoms with Crippen LogP contribution in [0.4, 0.5) is 0 Å². The molecular formula is C10H13N5O2S. The first-order valence-electron chi connectivity index (χ1n) is 5.42. The molecule has 8 heteroatoms. The van der Waals surface area contributed by atoms with Crippen LogP contribution in [0.2, 0.25) is 0 Å². The summed E-state index contributed by atoms with van der Waals surface area (Å²) in [7, 11) is -3.58. The van der Waals surface area contributed by atoms with Gasteiger partial charge in [-0.25, -0.2) is 18.1 Å². The molecule has 0 aliphatic rings. The van der Waals surface area contributed by atoms with Crippen LogP contribution in [0, 0.1) is 0 Å². The second-order valence-corrected chi connectivity index (χ2v) is 5.32. The van der Waals surface area contributed by atoms with E-state index in [1.807, 2.05) is 6.92 Å². The molecule has 0 unspecified atom stereocenters. The van der Waals surface area contributed by atoms with Gasteiger partial charge in [-0.3, -0.25) is 0 Å². The lowest BCUT2D eigenvalue weighted by molar-refractivity contribution is 0.576. The Morgan fingerprint density at radius 1 is 1.44 bits per heavy atom. The van der Waals surface area contributed by atoms with Crippen molar-refractivity contribution in [2.24, 2.45) is 0 Å². The Labute approximate surface area is 105 Å². The van der Waals surface area contributed by atoms with E-state index in [9.17, 15) is 8.42 Å². The largest absolute Gasteiger partial charge is 0.332 e. The van der Waals surface area contributed by atoms with Gasteiger partial charge in [0, 0.05) is 12.6 Å². The molecule has 0 bridgehead atoms. The SMILES string of the molecule is CCc1ncc(S(=O)(=O)NCc2cccnn2)[nH]1. The summed E-state index contributed by atoms with van der Waals surface area (Å²) in [6.07, 6.45) is 3.48. The molecule has 0 spiro atoms. The zero-order valence-corrected chi connectivity index (χ0v) is 10.6. The zero-order chi connectivity index (χ0) is 13.0. The lowest BCUT2D eigenvalue weighted by Gasteiger charge is -2.03. The van der Waals surface area contributed by atoms with Gasteiger partial charge in [0.15, 0.2) is 5.03 Å². The van der Waals surface area contributed by atoms with Gasteiger partial charge >= 0.3 is 0 Å². The summed E-state index contributed by atoms with van der Waals surface area (Å²) in [6, 6.07) is 3.39. The Bertz CT molecular complexity index is 608. The number of sulfonamides is 1. The molecule has 0 aliphatic carbocycles. The molecule has 2 aromatic heterocycles. The molecule has 0 fully saturated rings. The predicted octanol–water partition coefficient (Wildman–Crippen LogP) is 0.241. The number of aromatic amines is 1. The maximum Gasteiger partial charge on any atom is 0.257 e. The minimum Gasteiger partial charge on any atom is -0.332 e. The van der Waals surface area contributed by atoms with Crippen LogP contribution in [0.1, 0.15) is 18.4 Å². The van der Waals surface area contributed by atoms with Gasteiger partial charge in [0.1, 0.15) is 5.82 Å². The van der Waals surface area contributed by atoms with Crippen molar-refractivity contribution in [2.75, 3.05) is 0 Å². The van der Waals surface area contributed by atoms with E-state index in [0.717, 1.165) is 0 Å². The number of nitrogens with zero attached hydrogens (tertiary/aromatic N) is 3. The number of imidazole rings is 1. The van der Waals surface area contributed by atoms with Crippen molar-refractivity contribution < 1.29 is 8.42 Å². The first-order chi connectivity index (χ1) is 8.62. The van der Waals surface area contributed by atoms with Gasteiger partial charge < -0.3 is 4.98 Å². The van der Waals surface area contributed by atoms with Gasteiger partial charge in [-0.15, -0.1) is 0 Å². The Morgan fingerprint density at radius 3 is 2.89 bits per heavy atom. The highest BCUT2D eigenvalue weighted by Crippen LogP contribution is 2.06. The summed E-state index contributed by atoms with van der Waals surface area (Å²) in [6.45, 7) is 1.98. The lowest BCUT2D eigenvalue weighted by atomic mass is 10.4. The first-order valence-corrected chi connectivity index (χ1v) is 6.90. The summed E-state index contributed by atoms with van der Waals surface area (Å²) >= 11 is 0. The maximum absolute atomic E-state index is 11.9. The van der Waals surface area contributed by atoms with Crippen LogP contribution in [-0.4, -0.2) is 28.6 Å². The van der Waals surface area contributed by atoms with Crippen molar-refractivity contribution >= 4 is 10.0 Å². The van der Waals surface area contributed by atoms with Crippen molar-refractivity contribution in [3.8, 4) is 0 Å². The van der Waals surface area contributed by atoms with Crippen LogP contribution in [0.5, 0.6) is 0 Å². The highest BCUT2D eigenvalue weighted by molar-refractivity contribution is 7.89. The number of H-pyrrole nitrogens is 1. The second kappa shape index (κ2) is 5.23. The summed E-state index contributed by atoms with van der Waals surface area (Å²) in [5.41, 5.74) is 0.552. The van der Waals surface area contributed by atoms with E-state index in [1.54, 1.807) is 12.1 Å². The minimum absolute atomic E-state index is 0.0586. The highest BCUT2D eigenvalue weighted by atomic mass is 32.2. The average molecular weight is 267 g/mol. The third-order valence-electron chi connectivity index (χ3n) is 2.30. The van der Waals surface area contributed by atoms with Crippen molar-refractivity contribution in [1.29, 1.82) is 0 Å². The van der Waals surface area contributed by atoms with E-state index in [2.05, 4.69) is 24.9 Å². The molecule has 18 heavy (non-hydrogen) atoms. The molecule has 2 N–H and O–H groups in total. The summed E-state index contributed by atoms with van der Waals surface area (Å²) < 4.78 is 26.2. The zero-order valence-electron chi connectivity index (χ0n) is 9.79. The minimum atomic E-state index is -3.58. The quantitative estimate of drug-likeness (QED) is 0.808. The van der Waals surface area contributed by atoms with Gasteiger partial charge in [0.25, 0.3) is 10.0 Å². The van der Waals surface area contributed by atoms with Gasteiger partial charge in [-0.2, -0.15) is 10.2 Å². The second-order valence-electron chi connectivity index (χ2n) is 3.59. The number of hydrogen-bond acceptors (Lipinski definition) is 5. The van der Waals surface area contributed by atoms with Crippen molar-refractivity contribution in [2.45, 2.75) is 24.9 Å². The Balaban J connectivity index is 2.08. The summed E-state index contributed by atoms with van der Waals surface area (Å²) in [5.74, 6) is 0.634. The molecule has 0 aliphatic heterocycles. The average Bonchev–Trinajstić information content (AvgIpc) is 2.87. The van der Waals surface area contributed by atoms with Crippen LogP contribution in [-0.2, 0) is 23.0 Å². The lowest BCUT2D eigenvalue weighted by Crippen LogP contribution is -2.24. The van der Waals surface area contributed by atoms with Crippen LogP contribution in [0.15, 0.2) is 29.6 Å². The Kier molecular flexibility index (Phi) is 3.68. The van der Waals surface area contributed by atoms with Gasteiger partial charge in [-0.05, 0) is 12.1 Å². The Hall–Kier alpha value is -1.80. The molecule has 0 radical (unpaired) electrons. The predicted molar refractivity (Wildman–Crippen MR) is 64.0 cm³/mol. The molecule has 0 aromatic carbocycles.